The Bertz CT molecular complexity index is 1140. The van der Waals surface area contributed by atoms with E-state index in [-0.39, 0.29) is 81.7 Å². The second-order valence-corrected chi connectivity index (χ2v) is 10.1. The third-order valence-electron chi connectivity index (χ3n) is 5.82. The Hall–Kier alpha value is -1.42. The van der Waals surface area contributed by atoms with Crippen molar-refractivity contribution in [1.82, 2.24) is 20.6 Å². The van der Waals surface area contributed by atoms with Gasteiger partial charge in [0.1, 0.15) is 5.69 Å². The number of piperidine rings is 1. The maximum atomic E-state index is 12.8. The number of carbonyl (C=O) groups excluding carboxylic acids is 3. The fourth-order valence-electron chi connectivity index (χ4n) is 3.99. The Morgan fingerprint density at radius 2 is 1.84 bits per heavy atom. The number of anilines is 1. The van der Waals surface area contributed by atoms with Crippen molar-refractivity contribution >= 4 is 57.5 Å². The van der Waals surface area contributed by atoms with Gasteiger partial charge in [-0.15, -0.1) is 0 Å². The van der Waals surface area contributed by atoms with E-state index in [0.29, 0.717) is 23.8 Å². The number of amides is 2. The van der Waals surface area contributed by atoms with Crippen molar-refractivity contribution in [2.75, 3.05) is 52.5 Å². The molecule has 12 nitrogen and oxygen atoms in total. The number of hydrogen-bond acceptors (Lipinski definition) is 10. The SMILES string of the molecule is COCC(COC)NC(=O)c1nc(N2CC[C@@H](NC(=O)c3[nH]c(C)c(Cl)c3Cl)[C@@H](OC)C2)sc1C(=O)[O-].[Na+]. The van der Waals surface area contributed by atoms with Gasteiger partial charge < -0.3 is 44.6 Å². The normalized spacial score (nSPS) is 17.3. The first kappa shape index (κ1) is 32.8. The number of nitrogens with one attached hydrogen (secondary N) is 3. The van der Waals surface area contributed by atoms with Crippen LogP contribution in [0.4, 0.5) is 5.13 Å². The zero-order valence-corrected chi connectivity index (χ0v) is 26.0. The third kappa shape index (κ3) is 7.61. The smallest absolute Gasteiger partial charge is 0.544 e. The quantitative estimate of drug-likeness (QED) is 0.245. The van der Waals surface area contributed by atoms with Crippen LogP contribution >= 0.6 is 34.5 Å². The van der Waals surface area contributed by atoms with Crippen LogP contribution < -0.4 is 50.2 Å². The number of ether oxygens (including phenoxy) is 3. The number of thiazole rings is 1. The summed E-state index contributed by atoms with van der Waals surface area (Å²) in [5.41, 5.74) is 0.490. The number of rotatable bonds is 11. The van der Waals surface area contributed by atoms with Gasteiger partial charge >= 0.3 is 29.6 Å². The standard InChI is InChI=1S/C22H29Cl2N5O7S.Na/c1-10-14(23)15(24)16(25-10)19(30)27-12-5-6-29(7-13(12)36-4)22-28-17(18(37-22)21(32)33)20(31)26-11(8-34-2)9-35-3;/h11-13,25H,5-9H2,1-4H3,(H,26,31)(H,27,30)(H,32,33);/q;+1/p-1/t12-,13+;/m1./s1. The summed E-state index contributed by atoms with van der Waals surface area (Å²) in [5.74, 6) is -2.61. The predicted octanol–water partition coefficient (Wildman–Crippen LogP) is -2.13. The van der Waals surface area contributed by atoms with Gasteiger partial charge in [-0.05, 0) is 13.3 Å². The molecule has 3 N–H and O–H groups in total. The minimum Gasteiger partial charge on any atom is -0.544 e. The minimum absolute atomic E-state index is 0. The van der Waals surface area contributed by atoms with Crippen molar-refractivity contribution in [3.8, 4) is 0 Å². The van der Waals surface area contributed by atoms with Crippen LogP contribution in [0.3, 0.4) is 0 Å². The molecular weight excluding hydrogens is 572 g/mol. The van der Waals surface area contributed by atoms with Crippen LogP contribution in [0.5, 0.6) is 0 Å². The summed E-state index contributed by atoms with van der Waals surface area (Å²) in [6.07, 6.45) is 0.00392. The molecule has 2 aromatic rings. The molecule has 204 valence electrons. The number of halogens is 2. The van der Waals surface area contributed by atoms with Crippen LogP contribution in [0.25, 0.3) is 0 Å². The first-order chi connectivity index (χ1) is 17.6. The molecule has 2 atom stereocenters. The van der Waals surface area contributed by atoms with Crippen molar-refractivity contribution in [2.24, 2.45) is 0 Å². The minimum atomic E-state index is -1.51. The summed E-state index contributed by atoms with van der Waals surface area (Å²) in [6, 6.07) is -0.856. The number of methoxy groups -OCH3 is 3. The summed E-state index contributed by atoms with van der Waals surface area (Å²) in [7, 11) is 4.46. The van der Waals surface area contributed by atoms with Gasteiger partial charge in [0.05, 0.1) is 52.3 Å². The van der Waals surface area contributed by atoms with Crippen LogP contribution in [0.1, 0.15) is 42.8 Å². The van der Waals surface area contributed by atoms with E-state index < -0.39 is 29.9 Å². The molecule has 1 saturated heterocycles. The molecule has 0 aliphatic carbocycles. The number of carboxylic acid groups (broad SMARTS) is 1. The molecule has 0 radical (unpaired) electrons. The van der Waals surface area contributed by atoms with Crippen molar-refractivity contribution in [2.45, 2.75) is 31.5 Å². The summed E-state index contributed by atoms with van der Waals surface area (Å²) in [4.78, 5) is 46.1. The number of hydrogen-bond donors (Lipinski definition) is 3. The number of nitrogens with zero attached hydrogens (tertiary/aromatic N) is 2. The molecule has 16 heteroatoms. The van der Waals surface area contributed by atoms with E-state index in [1.807, 2.05) is 0 Å². The van der Waals surface area contributed by atoms with Crippen molar-refractivity contribution < 1.29 is 63.3 Å². The molecule has 1 aliphatic heterocycles. The fourth-order valence-corrected chi connectivity index (χ4v) is 5.34. The van der Waals surface area contributed by atoms with Crippen LogP contribution in [0.15, 0.2) is 0 Å². The zero-order chi connectivity index (χ0) is 27.3. The van der Waals surface area contributed by atoms with Crippen LogP contribution in [-0.4, -0.2) is 93.6 Å². The average molecular weight is 600 g/mol. The molecule has 2 amide bonds. The van der Waals surface area contributed by atoms with Gasteiger partial charge in [-0.3, -0.25) is 9.59 Å². The second kappa shape index (κ2) is 14.8. The van der Waals surface area contributed by atoms with Gasteiger partial charge in [0, 0.05) is 40.1 Å². The molecule has 0 bridgehead atoms. The van der Waals surface area contributed by atoms with Gasteiger partial charge in [0.25, 0.3) is 11.8 Å². The first-order valence-electron chi connectivity index (χ1n) is 11.2. The van der Waals surface area contributed by atoms with E-state index in [4.69, 9.17) is 37.4 Å². The van der Waals surface area contributed by atoms with E-state index in [0.717, 1.165) is 11.3 Å². The van der Waals surface area contributed by atoms with Crippen LogP contribution in [-0.2, 0) is 14.2 Å². The fraction of sp³-hybridized carbons (Fsp3) is 0.545. The molecule has 1 fully saturated rings. The molecule has 3 rings (SSSR count). The molecule has 38 heavy (non-hydrogen) atoms. The molecule has 0 unspecified atom stereocenters. The van der Waals surface area contributed by atoms with E-state index in [1.165, 1.54) is 21.3 Å². The molecule has 2 aromatic heterocycles. The maximum Gasteiger partial charge on any atom is 1.00 e. The monoisotopic (exact) mass is 599 g/mol. The van der Waals surface area contributed by atoms with E-state index in [1.54, 1.807) is 11.8 Å². The Morgan fingerprint density at radius 1 is 1.18 bits per heavy atom. The number of aromatic amines is 1. The van der Waals surface area contributed by atoms with Gasteiger partial charge in [-0.2, -0.15) is 0 Å². The number of carbonyl (C=O) groups is 3. The van der Waals surface area contributed by atoms with Gasteiger partial charge in [-0.1, -0.05) is 34.5 Å². The topological polar surface area (TPSA) is 158 Å². The second-order valence-electron chi connectivity index (χ2n) is 8.38. The summed E-state index contributed by atoms with van der Waals surface area (Å²) < 4.78 is 15.7. The van der Waals surface area contributed by atoms with Gasteiger partial charge in [0.2, 0.25) is 0 Å². The maximum absolute atomic E-state index is 12.8. The third-order valence-corrected chi connectivity index (χ3v) is 7.86. The zero-order valence-electron chi connectivity index (χ0n) is 21.7. The largest absolute Gasteiger partial charge is 1.00 e. The molecule has 0 aromatic carbocycles. The summed E-state index contributed by atoms with van der Waals surface area (Å²) >= 11 is 13.1. The Morgan fingerprint density at radius 3 is 2.37 bits per heavy atom. The molecule has 0 saturated carbocycles. The molecular formula is C22H28Cl2N5NaO7S. The van der Waals surface area contributed by atoms with Crippen molar-refractivity contribution in [3.63, 3.8) is 0 Å². The Kier molecular flexibility index (Phi) is 12.8. The Labute approximate surface area is 256 Å². The number of aromatic nitrogens is 2. The number of aromatic carboxylic acids is 1. The molecule has 1 aliphatic rings. The van der Waals surface area contributed by atoms with Crippen molar-refractivity contribution in [1.29, 1.82) is 0 Å². The summed E-state index contributed by atoms with van der Waals surface area (Å²) in [5, 5.41) is 18.1. The van der Waals surface area contributed by atoms with E-state index in [2.05, 4.69) is 20.6 Å². The number of aryl methyl sites for hydroxylation is 1. The van der Waals surface area contributed by atoms with Crippen LogP contribution in [0, 0.1) is 6.92 Å². The van der Waals surface area contributed by atoms with Gasteiger partial charge in [-0.25, -0.2) is 4.98 Å². The van der Waals surface area contributed by atoms with Gasteiger partial charge in [0.15, 0.2) is 10.8 Å². The average Bonchev–Trinajstić information content (AvgIpc) is 3.42. The molecule has 0 spiro atoms. The molecule has 3 heterocycles. The van der Waals surface area contributed by atoms with Crippen molar-refractivity contribution in [3.05, 3.63) is 32.0 Å². The van der Waals surface area contributed by atoms with E-state index >= 15 is 0 Å². The number of H-pyrrole nitrogens is 1. The first-order valence-corrected chi connectivity index (χ1v) is 12.8. The van der Waals surface area contributed by atoms with E-state index in [9.17, 15) is 19.5 Å². The summed E-state index contributed by atoms with van der Waals surface area (Å²) in [6.45, 7) is 2.76. The van der Waals surface area contributed by atoms with Crippen LogP contribution in [0.2, 0.25) is 10.0 Å². The predicted molar refractivity (Wildman–Crippen MR) is 136 cm³/mol. The number of carboxylic acids is 1. The Balaban J connectivity index is 0.00000507.